The fourth-order valence-electron chi connectivity index (χ4n) is 2.78. The van der Waals surface area contributed by atoms with Gasteiger partial charge in [-0.1, -0.05) is 0 Å². The summed E-state index contributed by atoms with van der Waals surface area (Å²) in [4.78, 5) is 26.2. The van der Waals surface area contributed by atoms with Gasteiger partial charge in [-0.05, 0) is 33.3 Å². The van der Waals surface area contributed by atoms with Crippen LogP contribution < -0.4 is 5.32 Å². The highest BCUT2D eigenvalue weighted by atomic mass is 32.2. The van der Waals surface area contributed by atoms with E-state index in [1.54, 1.807) is 18.3 Å². The van der Waals surface area contributed by atoms with Gasteiger partial charge in [-0.15, -0.1) is 11.3 Å². The summed E-state index contributed by atoms with van der Waals surface area (Å²) in [6.45, 7) is 5.58. The van der Waals surface area contributed by atoms with Crippen molar-refractivity contribution in [3.8, 4) is 0 Å². The molecule has 1 N–H and O–H groups in total. The molecule has 7 heteroatoms. The molecular weight excluding hydrogens is 322 g/mol. The normalized spacial score (nSPS) is 23.4. The van der Waals surface area contributed by atoms with E-state index >= 15 is 0 Å². The Morgan fingerprint density at radius 1 is 1.32 bits per heavy atom. The second kappa shape index (κ2) is 6.12. The summed E-state index contributed by atoms with van der Waals surface area (Å²) < 4.78 is 23.0. The van der Waals surface area contributed by atoms with Gasteiger partial charge in [0.25, 0.3) is 0 Å². The van der Waals surface area contributed by atoms with Crippen LogP contribution in [0, 0.1) is 13.8 Å². The third kappa shape index (κ3) is 4.16. The van der Waals surface area contributed by atoms with Crippen LogP contribution in [-0.2, 0) is 14.6 Å². The van der Waals surface area contributed by atoms with Crippen molar-refractivity contribution >= 4 is 32.9 Å². The lowest BCUT2D eigenvalue weighted by atomic mass is 10.0. The Morgan fingerprint density at radius 2 is 2.00 bits per heavy atom. The highest BCUT2D eigenvalue weighted by Gasteiger charge is 2.39. The first-order valence-electron chi connectivity index (χ1n) is 7.22. The fourth-order valence-corrected chi connectivity index (χ4v) is 5.81. The van der Waals surface area contributed by atoms with Crippen LogP contribution >= 0.6 is 11.3 Å². The van der Waals surface area contributed by atoms with E-state index in [0.717, 1.165) is 9.75 Å². The van der Waals surface area contributed by atoms with Crippen LogP contribution in [0.15, 0.2) is 6.07 Å². The van der Waals surface area contributed by atoms with E-state index in [1.165, 1.54) is 0 Å². The smallest absolute Gasteiger partial charge is 0.220 e. The number of hydrogen-bond donors (Lipinski definition) is 1. The average Bonchev–Trinajstić information content (AvgIpc) is 2.85. The van der Waals surface area contributed by atoms with Crippen LogP contribution in [0.25, 0.3) is 0 Å². The molecule has 0 aliphatic carbocycles. The molecule has 2 rings (SSSR count). The SMILES string of the molecule is Cc1cc(C(=O)CCC(=O)N[C@]2(C)CCS(=O)(=O)C2)c(C)s1. The van der Waals surface area contributed by atoms with Crippen LogP contribution in [0.5, 0.6) is 0 Å². The van der Waals surface area contributed by atoms with Crippen LogP contribution in [0.4, 0.5) is 0 Å². The number of rotatable bonds is 5. The van der Waals surface area contributed by atoms with Gasteiger partial charge in [0.1, 0.15) is 0 Å². The molecule has 1 atom stereocenters. The number of carbonyl (C=O) groups excluding carboxylic acids is 2. The fraction of sp³-hybridized carbons (Fsp3) is 0.600. The molecule has 0 bridgehead atoms. The Morgan fingerprint density at radius 3 is 2.50 bits per heavy atom. The molecule has 22 heavy (non-hydrogen) atoms. The quantitative estimate of drug-likeness (QED) is 0.830. The summed E-state index contributed by atoms with van der Waals surface area (Å²) >= 11 is 1.57. The number of nitrogens with one attached hydrogen (secondary N) is 1. The molecule has 0 aromatic carbocycles. The summed E-state index contributed by atoms with van der Waals surface area (Å²) in [5.41, 5.74) is -0.0154. The molecule has 1 aliphatic heterocycles. The van der Waals surface area contributed by atoms with Gasteiger partial charge in [0.15, 0.2) is 15.6 Å². The Kier molecular flexibility index (Phi) is 4.77. The summed E-state index contributed by atoms with van der Waals surface area (Å²) in [5.74, 6) is -0.225. The predicted octanol–water partition coefficient (Wildman–Crippen LogP) is 2.02. The monoisotopic (exact) mass is 343 g/mol. The molecule has 0 unspecified atom stereocenters. The summed E-state index contributed by atoms with van der Waals surface area (Å²) in [5, 5.41) is 2.77. The van der Waals surface area contributed by atoms with Gasteiger partial charge in [-0.25, -0.2) is 8.42 Å². The average molecular weight is 343 g/mol. The van der Waals surface area contributed by atoms with E-state index in [-0.39, 0.29) is 36.0 Å². The minimum Gasteiger partial charge on any atom is -0.350 e. The molecule has 0 saturated carbocycles. The van der Waals surface area contributed by atoms with E-state index < -0.39 is 15.4 Å². The minimum atomic E-state index is -3.06. The number of aryl methyl sites for hydroxylation is 2. The second-order valence-corrected chi connectivity index (χ2v) is 9.85. The minimum absolute atomic E-state index is 0.0253. The van der Waals surface area contributed by atoms with Crippen molar-refractivity contribution in [3.63, 3.8) is 0 Å². The third-order valence-electron chi connectivity index (χ3n) is 3.87. The maximum atomic E-state index is 12.1. The Hall–Kier alpha value is -1.21. The van der Waals surface area contributed by atoms with Crippen LogP contribution in [-0.4, -0.2) is 37.2 Å². The topological polar surface area (TPSA) is 80.3 Å². The Balaban J connectivity index is 1.88. The molecule has 1 aliphatic rings. The van der Waals surface area contributed by atoms with Gasteiger partial charge in [0.2, 0.25) is 5.91 Å². The van der Waals surface area contributed by atoms with Gasteiger partial charge in [0.05, 0.1) is 17.0 Å². The van der Waals surface area contributed by atoms with E-state index in [9.17, 15) is 18.0 Å². The summed E-state index contributed by atoms with van der Waals surface area (Å²) in [6, 6.07) is 1.85. The maximum Gasteiger partial charge on any atom is 0.220 e. The lowest BCUT2D eigenvalue weighted by Gasteiger charge is -2.23. The van der Waals surface area contributed by atoms with E-state index in [1.807, 2.05) is 19.9 Å². The molecule has 1 aromatic heterocycles. The Bertz CT molecular complexity index is 705. The van der Waals surface area contributed by atoms with Crippen molar-refractivity contribution in [2.75, 3.05) is 11.5 Å². The molecule has 2 heterocycles. The molecular formula is C15H21NO4S2. The molecule has 122 valence electrons. The van der Waals surface area contributed by atoms with Crippen LogP contribution in [0.1, 0.15) is 46.3 Å². The zero-order valence-corrected chi connectivity index (χ0v) is 14.7. The van der Waals surface area contributed by atoms with Gasteiger partial charge in [-0.2, -0.15) is 0 Å². The second-order valence-electron chi connectivity index (χ2n) is 6.20. The van der Waals surface area contributed by atoms with Gasteiger partial charge in [-0.3, -0.25) is 9.59 Å². The van der Waals surface area contributed by atoms with Crippen LogP contribution in [0.3, 0.4) is 0 Å². The molecule has 0 radical (unpaired) electrons. The number of Topliss-reactive ketones (excluding diaryl/α,β-unsaturated/α-hetero) is 1. The molecule has 0 spiro atoms. The maximum absolute atomic E-state index is 12.1. The molecule has 5 nitrogen and oxygen atoms in total. The molecule has 1 amide bonds. The highest BCUT2D eigenvalue weighted by Crippen LogP contribution is 2.24. The van der Waals surface area contributed by atoms with Crippen molar-refractivity contribution in [1.29, 1.82) is 0 Å². The van der Waals surface area contributed by atoms with Gasteiger partial charge >= 0.3 is 0 Å². The van der Waals surface area contributed by atoms with Crippen molar-refractivity contribution in [2.24, 2.45) is 0 Å². The lowest BCUT2D eigenvalue weighted by Crippen LogP contribution is -2.46. The third-order valence-corrected chi connectivity index (χ3v) is 6.73. The van der Waals surface area contributed by atoms with E-state index in [2.05, 4.69) is 5.32 Å². The van der Waals surface area contributed by atoms with Crippen molar-refractivity contribution in [1.82, 2.24) is 5.32 Å². The number of sulfone groups is 1. The Labute approximate surface area is 135 Å². The lowest BCUT2D eigenvalue weighted by molar-refractivity contribution is -0.122. The summed E-state index contributed by atoms with van der Waals surface area (Å²) in [7, 11) is -3.06. The highest BCUT2D eigenvalue weighted by molar-refractivity contribution is 7.91. The number of carbonyl (C=O) groups is 2. The van der Waals surface area contributed by atoms with Gasteiger partial charge < -0.3 is 5.32 Å². The number of ketones is 1. The zero-order valence-electron chi connectivity index (χ0n) is 13.1. The number of thiophene rings is 1. The van der Waals surface area contributed by atoms with Gasteiger partial charge in [0, 0.05) is 28.2 Å². The van der Waals surface area contributed by atoms with Crippen molar-refractivity contribution in [3.05, 3.63) is 21.4 Å². The first kappa shape index (κ1) is 17.1. The zero-order chi connectivity index (χ0) is 16.5. The van der Waals surface area contributed by atoms with E-state index in [0.29, 0.717) is 12.0 Å². The predicted molar refractivity (Wildman–Crippen MR) is 87.2 cm³/mol. The standard InChI is InChI=1S/C15H21NO4S2/c1-10-8-12(11(2)21-10)13(17)4-5-14(18)16-15(3)6-7-22(19,20)9-15/h8H,4-7,9H2,1-3H3,(H,16,18)/t15-/m1/s1. The van der Waals surface area contributed by atoms with Crippen LogP contribution in [0.2, 0.25) is 0 Å². The molecule has 1 fully saturated rings. The first-order chi connectivity index (χ1) is 10.1. The molecule has 1 aromatic rings. The number of amides is 1. The largest absolute Gasteiger partial charge is 0.350 e. The first-order valence-corrected chi connectivity index (χ1v) is 9.86. The summed E-state index contributed by atoms with van der Waals surface area (Å²) in [6.07, 6.45) is 0.659. The van der Waals surface area contributed by atoms with E-state index in [4.69, 9.17) is 0 Å². The van der Waals surface area contributed by atoms with Crippen molar-refractivity contribution < 1.29 is 18.0 Å². The number of hydrogen-bond acceptors (Lipinski definition) is 5. The van der Waals surface area contributed by atoms with Crippen molar-refractivity contribution in [2.45, 2.75) is 45.6 Å². The molecule has 1 saturated heterocycles.